The van der Waals surface area contributed by atoms with E-state index in [0.717, 1.165) is 22.3 Å². The van der Waals surface area contributed by atoms with Crippen LogP contribution in [-0.4, -0.2) is 39.6 Å². The quantitative estimate of drug-likeness (QED) is 0.628. The van der Waals surface area contributed by atoms with Crippen LogP contribution in [0.1, 0.15) is 13.8 Å². The van der Waals surface area contributed by atoms with Gasteiger partial charge in [0.05, 0.1) is 18.6 Å². The predicted molar refractivity (Wildman–Crippen MR) is 87.9 cm³/mol. The lowest BCUT2D eigenvalue weighted by atomic mass is 10.1. The van der Waals surface area contributed by atoms with Crippen molar-refractivity contribution in [1.82, 2.24) is 0 Å². The van der Waals surface area contributed by atoms with Crippen molar-refractivity contribution >= 4 is 10.8 Å². The van der Waals surface area contributed by atoms with E-state index in [1.54, 1.807) is 0 Å². The minimum absolute atomic E-state index is 0.528. The average molecular weight is 304 g/mol. The first-order valence-corrected chi connectivity index (χ1v) is 7.79. The summed E-state index contributed by atoms with van der Waals surface area (Å²) in [6.45, 7) is 7.57. The molecule has 4 nitrogen and oxygen atoms in total. The molecule has 0 radical (unpaired) electrons. The van der Waals surface area contributed by atoms with Crippen LogP contribution in [0.5, 0.6) is 11.5 Å². The number of benzene rings is 2. The molecular weight excluding hydrogens is 280 g/mol. The first-order valence-electron chi connectivity index (χ1n) is 7.79. The fourth-order valence-electron chi connectivity index (χ4n) is 2.22. The Morgan fingerprint density at radius 3 is 1.64 bits per heavy atom. The van der Waals surface area contributed by atoms with Crippen LogP contribution in [0.25, 0.3) is 10.8 Å². The molecule has 0 aliphatic rings. The van der Waals surface area contributed by atoms with Crippen molar-refractivity contribution in [1.29, 1.82) is 0 Å². The Bertz CT molecular complexity index is 521. The van der Waals surface area contributed by atoms with Crippen LogP contribution in [-0.2, 0) is 9.47 Å². The van der Waals surface area contributed by atoms with E-state index in [9.17, 15) is 0 Å². The molecule has 0 bridgehead atoms. The van der Waals surface area contributed by atoms with Crippen LogP contribution in [0, 0.1) is 0 Å². The van der Waals surface area contributed by atoms with Crippen LogP contribution >= 0.6 is 0 Å². The Labute approximate surface area is 131 Å². The molecule has 0 aromatic heterocycles. The van der Waals surface area contributed by atoms with E-state index in [1.807, 2.05) is 38.1 Å². The average Bonchev–Trinajstić information content (AvgIpc) is 2.55. The Kier molecular flexibility index (Phi) is 7.00. The van der Waals surface area contributed by atoms with Crippen LogP contribution in [0.3, 0.4) is 0 Å². The fourth-order valence-corrected chi connectivity index (χ4v) is 2.22. The minimum Gasteiger partial charge on any atom is -0.490 e. The molecule has 0 aliphatic carbocycles. The van der Waals surface area contributed by atoms with Crippen molar-refractivity contribution < 1.29 is 18.9 Å². The zero-order valence-electron chi connectivity index (χ0n) is 13.3. The summed E-state index contributed by atoms with van der Waals surface area (Å²) in [4.78, 5) is 0. The molecular formula is C18H24O4. The van der Waals surface area contributed by atoms with E-state index >= 15 is 0 Å². The number of hydrogen-bond acceptors (Lipinski definition) is 4. The van der Waals surface area contributed by atoms with Crippen molar-refractivity contribution in [3.8, 4) is 11.5 Å². The number of rotatable bonds is 10. The van der Waals surface area contributed by atoms with Crippen molar-refractivity contribution in [3.63, 3.8) is 0 Å². The van der Waals surface area contributed by atoms with Gasteiger partial charge in [0.15, 0.2) is 0 Å². The van der Waals surface area contributed by atoms with Gasteiger partial charge in [-0.15, -0.1) is 0 Å². The van der Waals surface area contributed by atoms with Gasteiger partial charge in [-0.1, -0.05) is 24.3 Å². The maximum atomic E-state index is 5.85. The first-order chi connectivity index (χ1) is 10.9. The monoisotopic (exact) mass is 304 g/mol. The van der Waals surface area contributed by atoms with Gasteiger partial charge in [-0.05, 0) is 31.4 Å². The molecule has 0 amide bonds. The molecule has 0 unspecified atom stereocenters. The molecule has 0 heterocycles. The fraction of sp³-hybridized carbons (Fsp3) is 0.444. The molecule has 0 atom stereocenters. The Hall–Kier alpha value is -1.78. The largest absolute Gasteiger partial charge is 0.490 e. The zero-order valence-corrected chi connectivity index (χ0v) is 13.3. The third kappa shape index (κ3) is 4.61. The topological polar surface area (TPSA) is 36.9 Å². The van der Waals surface area contributed by atoms with Gasteiger partial charge in [0.2, 0.25) is 0 Å². The molecule has 4 heteroatoms. The van der Waals surface area contributed by atoms with E-state index in [1.165, 1.54) is 0 Å². The van der Waals surface area contributed by atoms with Crippen LogP contribution < -0.4 is 9.47 Å². The summed E-state index contributed by atoms with van der Waals surface area (Å²) in [6, 6.07) is 12.0. The van der Waals surface area contributed by atoms with Crippen molar-refractivity contribution in [2.75, 3.05) is 39.6 Å². The lowest BCUT2D eigenvalue weighted by Crippen LogP contribution is -2.08. The summed E-state index contributed by atoms with van der Waals surface area (Å²) in [5.74, 6) is 1.65. The molecule has 2 aromatic carbocycles. The smallest absolute Gasteiger partial charge is 0.130 e. The van der Waals surface area contributed by atoms with Gasteiger partial charge in [-0.2, -0.15) is 0 Å². The predicted octanol–water partition coefficient (Wildman–Crippen LogP) is 3.67. The normalized spacial score (nSPS) is 10.8. The SMILES string of the molecule is CCOCCOc1cccc2cccc(OCCOCC)c12. The second-order valence-corrected chi connectivity index (χ2v) is 4.70. The van der Waals surface area contributed by atoms with E-state index in [0.29, 0.717) is 39.6 Å². The summed E-state index contributed by atoms with van der Waals surface area (Å²) >= 11 is 0. The van der Waals surface area contributed by atoms with Crippen molar-refractivity contribution in [3.05, 3.63) is 36.4 Å². The lowest BCUT2D eigenvalue weighted by molar-refractivity contribution is 0.109. The standard InChI is InChI=1S/C18H24O4/c1-3-19-11-13-21-16-9-5-7-15-8-6-10-17(18(15)16)22-14-12-20-4-2/h5-10H,3-4,11-14H2,1-2H3. The summed E-state index contributed by atoms with van der Waals surface area (Å²) in [5, 5.41) is 2.10. The second kappa shape index (κ2) is 9.28. The van der Waals surface area contributed by atoms with E-state index in [-0.39, 0.29) is 0 Å². The first kappa shape index (κ1) is 16.6. The van der Waals surface area contributed by atoms with Crippen LogP contribution in [0.4, 0.5) is 0 Å². The summed E-state index contributed by atoms with van der Waals surface area (Å²) in [5.41, 5.74) is 0. The molecule has 22 heavy (non-hydrogen) atoms. The van der Waals surface area contributed by atoms with Gasteiger partial charge in [0.25, 0.3) is 0 Å². The highest BCUT2D eigenvalue weighted by Gasteiger charge is 2.08. The third-order valence-corrected chi connectivity index (χ3v) is 3.21. The maximum absolute atomic E-state index is 5.85. The van der Waals surface area contributed by atoms with E-state index < -0.39 is 0 Å². The highest BCUT2D eigenvalue weighted by atomic mass is 16.5. The highest BCUT2D eigenvalue weighted by molar-refractivity contribution is 5.93. The number of ether oxygens (including phenoxy) is 4. The van der Waals surface area contributed by atoms with Gasteiger partial charge < -0.3 is 18.9 Å². The zero-order chi connectivity index (χ0) is 15.6. The van der Waals surface area contributed by atoms with Gasteiger partial charge in [0, 0.05) is 13.2 Å². The van der Waals surface area contributed by atoms with Gasteiger partial charge in [0.1, 0.15) is 24.7 Å². The molecule has 120 valence electrons. The van der Waals surface area contributed by atoms with Crippen LogP contribution in [0.15, 0.2) is 36.4 Å². The lowest BCUT2D eigenvalue weighted by Gasteiger charge is -2.14. The second-order valence-electron chi connectivity index (χ2n) is 4.70. The summed E-state index contributed by atoms with van der Waals surface area (Å²) in [7, 11) is 0. The minimum atomic E-state index is 0.528. The molecule has 2 aromatic rings. The Balaban J connectivity index is 2.13. The van der Waals surface area contributed by atoms with Crippen molar-refractivity contribution in [2.24, 2.45) is 0 Å². The molecule has 0 aliphatic heterocycles. The number of fused-ring (bicyclic) bond motifs is 1. The third-order valence-electron chi connectivity index (χ3n) is 3.21. The molecule has 0 saturated heterocycles. The molecule has 0 saturated carbocycles. The summed E-state index contributed by atoms with van der Waals surface area (Å²) < 4.78 is 22.3. The van der Waals surface area contributed by atoms with Gasteiger partial charge >= 0.3 is 0 Å². The maximum Gasteiger partial charge on any atom is 0.130 e. The Morgan fingerprint density at radius 2 is 1.18 bits per heavy atom. The Morgan fingerprint density at radius 1 is 0.682 bits per heavy atom. The highest BCUT2D eigenvalue weighted by Crippen LogP contribution is 2.34. The van der Waals surface area contributed by atoms with E-state index in [4.69, 9.17) is 18.9 Å². The van der Waals surface area contributed by atoms with Crippen LogP contribution in [0.2, 0.25) is 0 Å². The number of hydrogen-bond donors (Lipinski definition) is 0. The summed E-state index contributed by atoms with van der Waals surface area (Å²) in [6.07, 6.45) is 0. The van der Waals surface area contributed by atoms with Gasteiger partial charge in [-0.25, -0.2) is 0 Å². The van der Waals surface area contributed by atoms with E-state index in [2.05, 4.69) is 12.1 Å². The van der Waals surface area contributed by atoms with Crippen molar-refractivity contribution in [2.45, 2.75) is 13.8 Å². The molecule has 0 N–H and O–H groups in total. The molecule has 0 fully saturated rings. The van der Waals surface area contributed by atoms with Gasteiger partial charge in [-0.3, -0.25) is 0 Å². The molecule has 0 spiro atoms. The molecule has 2 rings (SSSR count).